The second kappa shape index (κ2) is 6.04. The van der Waals surface area contributed by atoms with Gasteiger partial charge in [-0.05, 0) is 29.8 Å². The SMILES string of the molecule is NC(=O)c1ccc(Cn2cnc3c(C(F)(F)F)cccc3c2=O)cc1. The molecule has 0 aliphatic rings. The molecule has 0 spiro atoms. The van der Waals surface area contributed by atoms with E-state index in [4.69, 9.17) is 5.73 Å². The lowest BCUT2D eigenvalue weighted by Crippen LogP contribution is -2.22. The van der Waals surface area contributed by atoms with E-state index < -0.39 is 23.2 Å². The third-order valence-corrected chi connectivity index (χ3v) is 3.75. The zero-order valence-electron chi connectivity index (χ0n) is 12.7. The summed E-state index contributed by atoms with van der Waals surface area (Å²) in [7, 11) is 0. The van der Waals surface area contributed by atoms with Gasteiger partial charge in [-0.2, -0.15) is 13.2 Å². The van der Waals surface area contributed by atoms with Crippen LogP contribution in [-0.4, -0.2) is 15.5 Å². The van der Waals surface area contributed by atoms with Crippen LogP contribution in [0, 0.1) is 0 Å². The summed E-state index contributed by atoms with van der Waals surface area (Å²) in [5.41, 5.74) is 4.27. The lowest BCUT2D eigenvalue weighted by Gasteiger charge is -2.11. The van der Waals surface area contributed by atoms with Gasteiger partial charge in [0.05, 0.1) is 29.3 Å². The highest BCUT2D eigenvalue weighted by atomic mass is 19.4. The molecule has 2 N–H and O–H groups in total. The number of para-hydroxylation sites is 1. The number of nitrogens with two attached hydrogens (primary N) is 1. The topological polar surface area (TPSA) is 78.0 Å². The van der Waals surface area contributed by atoms with Crippen LogP contribution in [0.5, 0.6) is 0 Å². The normalized spacial score (nSPS) is 11.6. The minimum Gasteiger partial charge on any atom is -0.366 e. The second-order valence-corrected chi connectivity index (χ2v) is 5.44. The summed E-state index contributed by atoms with van der Waals surface area (Å²) in [6.07, 6.45) is -3.50. The lowest BCUT2D eigenvalue weighted by molar-refractivity contribution is -0.136. The molecule has 1 amide bonds. The van der Waals surface area contributed by atoms with Crippen molar-refractivity contribution in [1.29, 1.82) is 0 Å². The molecule has 1 aromatic heterocycles. The summed E-state index contributed by atoms with van der Waals surface area (Å²) < 4.78 is 40.3. The maximum absolute atomic E-state index is 13.0. The van der Waals surface area contributed by atoms with Gasteiger partial charge in [-0.25, -0.2) is 4.98 Å². The average molecular weight is 347 g/mol. The third-order valence-electron chi connectivity index (χ3n) is 3.75. The van der Waals surface area contributed by atoms with Gasteiger partial charge in [-0.3, -0.25) is 14.2 Å². The summed E-state index contributed by atoms with van der Waals surface area (Å²) in [5.74, 6) is -0.573. The average Bonchev–Trinajstić information content (AvgIpc) is 2.56. The Kier molecular flexibility index (Phi) is 4.03. The first-order valence-electron chi connectivity index (χ1n) is 7.21. The Labute approximate surface area is 139 Å². The van der Waals surface area contributed by atoms with Crippen molar-refractivity contribution in [2.24, 2.45) is 5.73 Å². The van der Waals surface area contributed by atoms with Crippen LogP contribution in [0.25, 0.3) is 10.9 Å². The molecule has 3 rings (SSSR count). The Morgan fingerprint density at radius 3 is 2.40 bits per heavy atom. The molecule has 0 bridgehead atoms. The monoisotopic (exact) mass is 347 g/mol. The summed E-state index contributed by atoms with van der Waals surface area (Å²) >= 11 is 0. The predicted octanol–water partition coefficient (Wildman–Crippen LogP) is 2.56. The van der Waals surface area contributed by atoms with Crippen LogP contribution in [0.3, 0.4) is 0 Å². The number of hydrogen-bond acceptors (Lipinski definition) is 3. The van der Waals surface area contributed by atoms with Crippen molar-refractivity contribution in [3.63, 3.8) is 0 Å². The largest absolute Gasteiger partial charge is 0.418 e. The summed E-state index contributed by atoms with van der Waals surface area (Å²) in [5, 5.41) is -0.105. The van der Waals surface area contributed by atoms with E-state index in [1.54, 1.807) is 12.1 Å². The molecule has 8 heteroatoms. The number of amides is 1. The number of alkyl halides is 3. The van der Waals surface area contributed by atoms with Crippen LogP contribution in [0.1, 0.15) is 21.5 Å². The maximum atomic E-state index is 13.0. The van der Waals surface area contributed by atoms with E-state index in [2.05, 4.69) is 4.98 Å². The Bertz CT molecular complexity index is 1010. The first-order chi connectivity index (χ1) is 11.8. The van der Waals surface area contributed by atoms with Crippen LogP contribution >= 0.6 is 0 Å². The standard InChI is InChI=1S/C17H12F3N3O2/c18-17(19,20)13-3-1-2-12-14(13)22-9-23(16(12)25)8-10-4-6-11(7-5-10)15(21)24/h1-7,9H,8H2,(H2,21,24). The maximum Gasteiger partial charge on any atom is 0.418 e. The van der Waals surface area contributed by atoms with E-state index in [1.165, 1.54) is 28.8 Å². The van der Waals surface area contributed by atoms with E-state index in [9.17, 15) is 22.8 Å². The van der Waals surface area contributed by atoms with Gasteiger partial charge < -0.3 is 5.73 Å². The molecular weight excluding hydrogens is 335 g/mol. The lowest BCUT2D eigenvalue weighted by atomic mass is 10.1. The fourth-order valence-electron chi connectivity index (χ4n) is 2.50. The van der Waals surface area contributed by atoms with E-state index in [0.29, 0.717) is 11.1 Å². The smallest absolute Gasteiger partial charge is 0.366 e. The van der Waals surface area contributed by atoms with Crippen LogP contribution in [0.15, 0.2) is 53.6 Å². The molecule has 5 nitrogen and oxygen atoms in total. The molecule has 0 saturated heterocycles. The minimum atomic E-state index is -4.59. The van der Waals surface area contributed by atoms with Crippen molar-refractivity contribution in [2.45, 2.75) is 12.7 Å². The highest BCUT2D eigenvalue weighted by Gasteiger charge is 2.33. The fraction of sp³-hybridized carbons (Fsp3) is 0.118. The van der Waals surface area contributed by atoms with Crippen LogP contribution in [0.2, 0.25) is 0 Å². The Balaban J connectivity index is 2.02. The number of nitrogens with zero attached hydrogens (tertiary/aromatic N) is 2. The van der Waals surface area contributed by atoms with E-state index >= 15 is 0 Å². The highest BCUT2D eigenvalue weighted by molar-refractivity contribution is 5.92. The number of benzene rings is 2. The number of aromatic nitrogens is 2. The Morgan fingerprint density at radius 1 is 1.12 bits per heavy atom. The van der Waals surface area contributed by atoms with Gasteiger partial charge in [0.25, 0.3) is 5.56 Å². The van der Waals surface area contributed by atoms with Gasteiger partial charge in [0.2, 0.25) is 5.91 Å². The number of hydrogen-bond donors (Lipinski definition) is 1. The number of primary amides is 1. The molecule has 0 saturated carbocycles. The molecule has 25 heavy (non-hydrogen) atoms. The minimum absolute atomic E-state index is 0.105. The van der Waals surface area contributed by atoms with E-state index in [0.717, 1.165) is 12.4 Å². The molecule has 0 fully saturated rings. The van der Waals surface area contributed by atoms with Crippen molar-refractivity contribution in [3.05, 3.63) is 75.8 Å². The fourth-order valence-corrected chi connectivity index (χ4v) is 2.50. The number of rotatable bonds is 3. The van der Waals surface area contributed by atoms with Gasteiger partial charge in [-0.15, -0.1) is 0 Å². The number of halogens is 3. The molecule has 128 valence electrons. The zero-order valence-corrected chi connectivity index (χ0v) is 12.7. The zero-order chi connectivity index (χ0) is 18.2. The molecule has 3 aromatic rings. The Hall–Kier alpha value is -3.16. The van der Waals surface area contributed by atoms with Crippen molar-refractivity contribution < 1.29 is 18.0 Å². The third kappa shape index (κ3) is 3.23. The van der Waals surface area contributed by atoms with Gasteiger partial charge in [0.15, 0.2) is 0 Å². The van der Waals surface area contributed by atoms with Crippen molar-refractivity contribution in [2.75, 3.05) is 0 Å². The van der Waals surface area contributed by atoms with Crippen LogP contribution in [-0.2, 0) is 12.7 Å². The molecule has 2 aromatic carbocycles. The van der Waals surface area contributed by atoms with Gasteiger partial charge >= 0.3 is 6.18 Å². The highest BCUT2D eigenvalue weighted by Crippen LogP contribution is 2.32. The molecule has 0 radical (unpaired) electrons. The first-order valence-corrected chi connectivity index (χ1v) is 7.21. The number of carbonyl (C=O) groups is 1. The second-order valence-electron chi connectivity index (χ2n) is 5.44. The van der Waals surface area contributed by atoms with Gasteiger partial charge in [-0.1, -0.05) is 18.2 Å². The van der Waals surface area contributed by atoms with E-state index in [-0.39, 0.29) is 17.4 Å². The number of carbonyl (C=O) groups excluding carboxylic acids is 1. The summed E-state index contributed by atoms with van der Waals surface area (Å²) in [6, 6.07) is 9.64. The molecular formula is C17H12F3N3O2. The molecule has 0 atom stereocenters. The van der Waals surface area contributed by atoms with Crippen LogP contribution < -0.4 is 11.3 Å². The quantitative estimate of drug-likeness (QED) is 0.791. The molecule has 0 unspecified atom stereocenters. The van der Waals surface area contributed by atoms with Crippen molar-refractivity contribution in [1.82, 2.24) is 9.55 Å². The Morgan fingerprint density at radius 2 is 1.80 bits per heavy atom. The molecule has 0 aliphatic heterocycles. The van der Waals surface area contributed by atoms with E-state index in [1.807, 2.05) is 0 Å². The summed E-state index contributed by atoms with van der Waals surface area (Å²) in [4.78, 5) is 27.3. The molecule has 0 aliphatic carbocycles. The summed E-state index contributed by atoms with van der Waals surface area (Å²) in [6.45, 7) is 0.108. The van der Waals surface area contributed by atoms with Gasteiger partial charge in [0, 0.05) is 5.56 Å². The number of fused-ring (bicyclic) bond motifs is 1. The van der Waals surface area contributed by atoms with Crippen molar-refractivity contribution in [3.8, 4) is 0 Å². The molecule has 1 heterocycles. The predicted molar refractivity (Wildman–Crippen MR) is 85.1 cm³/mol. The van der Waals surface area contributed by atoms with Gasteiger partial charge in [0.1, 0.15) is 0 Å². The van der Waals surface area contributed by atoms with Crippen LogP contribution in [0.4, 0.5) is 13.2 Å². The van der Waals surface area contributed by atoms with Crippen molar-refractivity contribution >= 4 is 16.8 Å². The first kappa shape index (κ1) is 16.7.